The zero-order chi connectivity index (χ0) is 33.7. The number of nitrogens with zero attached hydrogens (tertiary/aromatic N) is 4. The van der Waals surface area contributed by atoms with Gasteiger partial charge in [0.25, 0.3) is 0 Å². The number of piperidine rings is 1. The molecule has 0 atom stereocenters. The maximum absolute atomic E-state index is 12.4. The highest BCUT2D eigenvalue weighted by molar-refractivity contribution is 7.15. The number of carbonyl (C=O) groups excluding carboxylic acids is 2. The van der Waals surface area contributed by atoms with E-state index in [9.17, 15) is 29.4 Å². The Morgan fingerprint density at radius 3 is 1.96 bits per heavy atom. The van der Waals surface area contributed by atoms with Crippen molar-refractivity contribution in [1.29, 1.82) is 0 Å². The van der Waals surface area contributed by atoms with E-state index >= 15 is 0 Å². The highest BCUT2D eigenvalue weighted by Gasteiger charge is 2.43. The predicted octanol–water partition coefficient (Wildman–Crippen LogP) is 4.84. The van der Waals surface area contributed by atoms with Crippen LogP contribution < -0.4 is 16.4 Å². The van der Waals surface area contributed by atoms with Gasteiger partial charge >= 0.3 is 12.2 Å². The molecule has 6 N–H and O–H groups in total. The number of carbonyl (C=O) groups is 4. The molecule has 0 saturated carbocycles. The van der Waals surface area contributed by atoms with Crippen molar-refractivity contribution in [3.63, 3.8) is 0 Å². The predicted molar refractivity (Wildman–Crippen MR) is 174 cm³/mol. The summed E-state index contributed by atoms with van der Waals surface area (Å²) in [7, 11) is 0. The molecule has 1 aromatic heterocycles. The third-order valence-electron chi connectivity index (χ3n) is 7.67. The van der Waals surface area contributed by atoms with E-state index in [0.29, 0.717) is 30.2 Å². The van der Waals surface area contributed by atoms with Gasteiger partial charge in [-0.15, -0.1) is 11.3 Å². The van der Waals surface area contributed by atoms with Gasteiger partial charge in [-0.2, -0.15) is 0 Å². The summed E-state index contributed by atoms with van der Waals surface area (Å²) in [5.41, 5.74) is 6.16. The van der Waals surface area contributed by atoms with E-state index in [0.717, 1.165) is 51.9 Å². The van der Waals surface area contributed by atoms with E-state index in [-0.39, 0.29) is 17.7 Å². The molecule has 1 aliphatic heterocycles. The number of likely N-dealkylation sites (tertiary alicyclic amines) is 1. The SMILES string of the molecule is CC(=O)Nc1nc(CCc2ccc(NC(N(C(=O)O)C(C)(C)C)N(C(=O)O)C(C)(C)C)cc2)c(CN2CCC(C(N)=O)CC2)s1. The van der Waals surface area contributed by atoms with Crippen molar-refractivity contribution in [2.24, 2.45) is 11.7 Å². The highest BCUT2D eigenvalue weighted by atomic mass is 32.1. The van der Waals surface area contributed by atoms with Crippen LogP contribution in [0.4, 0.5) is 20.4 Å². The Hall–Kier alpha value is -3.91. The molecule has 4 amide bonds. The Morgan fingerprint density at radius 2 is 1.51 bits per heavy atom. The molecule has 2 aromatic rings. The van der Waals surface area contributed by atoms with Crippen molar-refractivity contribution in [2.75, 3.05) is 23.7 Å². The fourth-order valence-corrected chi connectivity index (χ4v) is 6.52. The monoisotopic (exact) mass is 645 g/mol. The van der Waals surface area contributed by atoms with Gasteiger partial charge in [-0.25, -0.2) is 14.6 Å². The quantitative estimate of drug-likeness (QED) is 0.214. The van der Waals surface area contributed by atoms with Crippen molar-refractivity contribution < 1.29 is 29.4 Å². The Labute approximate surface area is 268 Å². The second-order valence-electron chi connectivity index (χ2n) is 13.4. The largest absolute Gasteiger partial charge is 0.465 e. The lowest BCUT2D eigenvalue weighted by Gasteiger charge is -2.48. The Morgan fingerprint density at radius 1 is 0.978 bits per heavy atom. The number of thiazole rings is 1. The van der Waals surface area contributed by atoms with Crippen molar-refractivity contribution in [2.45, 2.75) is 98.1 Å². The first-order chi connectivity index (χ1) is 20.9. The lowest BCUT2D eigenvalue weighted by Crippen LogP contribution is -2.66. The van der Waals surface area contributed by atoms with Crippen LogP contribution >= 0.6 is 11.3 Å². The van der Waals surface area contributed by atoms with Gasteiger partial charge < -0.3 is 26.6 Å². The normalized spacial score (nSPS) is 14.7. The summed E-state index contributed by atoms with van der Waals surface area (Å²) in [6, 6.07) is 7.45. The number of carboxylic acid groups (broad SMARTS) is 2. The molecular formula is C31H47N7O6S. The standard InChI is InChI=1S/C31H47N7O6S/c1-19(39)33-26-35-23(24(45-26)18-36-16-14-21(15-17-36)25(32)40)13-10-20-8-11-22(12-9-20)34-27(37(28(41)42)30(2,3)4)38(29(43)44)31(5,6)7/h8-9,11-12,21,27,34H,10,13-18H2,1-7H3,(H2,32,40)(H,41,42)(H,43,44)(H,33,35,39). The first-order valence-electron chi connectivity index (χ1n) is 15.0. The van der Waals surface area contributed by atoms with Crippen LogP contribution in [-0.4, -0.2) is 84.4 Å². The number of aryl methyl sites for hydroxylation is 2. The molecule has 1 fully saturated rings. The maximum atomic E-state index is 12.4. The molecule has 1 saturated heterocycles. The van der Waals surface area contributed by atoms with Crippen LogP contribution in [0.5, 0.6) is 0 Å². The van der Waals surface area contributed by atoms with Gasteiger partial charge in [0.15, 0.2) is 11.4 Å². The number of nitrogens with one attached hydrogen (secondary N) is 2. The summed E-state index contributed by atoms with van der Waals surface area (Å²) in [4.78, 5) is 58.3. The lowest BCUT2D eigenvalue weighted by atomic mass is 9.96. The summed E-state index contributed by atoms with van der Waals surface area (Å²) in [6.07, 6.45) is -0.942. The maximum Gasteiger partial charge on any atom is 0.410 e. The van der Waals surface area contributed by atoms with E-state index in [1.165, 1.54) is 18.3 Å². The number of aromatic nitrogens is 1. The lowest BCUT2D eigenvalue weighted by molar-refractivity contribution is -0.123. The minimum atomic E-state index is -1.25. The zero-order valence-corrected chi connectivity index (χ0v) is 28.0. The minimum Gasteiger partial charge on any atom is -0.465 e. The molecule has 1 aromatic carbocycles. The van der Waals surface area contributed by atoms with Gasteiger partial charge in [0, 0.05) is 41.0 Å². The Balaban J connectivity index is 1.78. The van der Waals surface area contributed by atoms with Crippen LogP contribution in [0.3, 0.4) is 0 Å². The van der Waals surface area contributed by atoms with Crippen LogP contribution in [0.1, 0.15) is 77.4 Å². The zero-order valence-electron chi connectivity index (χ0n) is 27.2. The van der Waals surface area contributed by atoms with Gasteiger partial charge in [0.2, 0.25) is 11.8 Å². The molecule has 3 rings (SSSR count). The molecule has 0 radical (unpaired) electrons. The first kappa shape index (κ1) is 35.6. The summed E-state index contributed by atoms with van der Waals surface area (Å²) < 4.78 is 0. The molecule has 0 aliphatic carbocycles. The fraction of sp³-hybridized carbons (Fsp3) is 0.581. The van der Waals surface area contributed by atoms with Crippen LogP contribution in [-0.2, 0) is 29.0 Å². The molecule has 45 heavy (non-hydrogen) atoms. The average Bonchev–Trinajstić information content (AvgIpc) is 3.26. The van der Waals surface area contributed by atoms with Gasteiger partial charge in [-0.3, -0.25) is 24.3 Å². The van der Waals surface area contributed by atoms with Crippen molar-refractivity contribution >= 4 is 46.2 Å². The summed E-state index contributed by atoms with van der Waals surface area (Å²) in [5, 5.41) is 26.7. The molecule has 1 aliphatic rings. The van der Waals surface area contributed by atoms with Crippen LogP contribution in [0.25, 0.3) is 0 Å². The van der Waals surface area contributed by atoms with Crippen LogP contribution in [0, 0.1) is 5.92 Å². The topological polar surface area (TPSA) is 181 Å². The molecule has 13 nitrogen and oxygen atoms in total. The first-order valence-corrected chi connectivity index (χ1v) is 15.9. The molecule has 14 heteroatoms. The molecule has 2 heterocycles. The number of anilines is 2. The molecule has 0 unspecified atom stereocenters. The summed E-state index contributed by atoms with van der Waals surface area (Å²) >= 11 is 1.46. The number of rotatable bonds is 11. The second-order valence-corrected chi connectivity index (χ2v) is 14.5. The van der Waals surface area contributed by atoms with Gasteiger partial charge in [0.05, 0.1) is 5.69 Å². The molecule has 0 bridgehead atoms. The van der Waals surface area contributed by atoms with Crippen molar-refractivity contribution in [1.82, 2.24) is 19.7 Å². The number of benzene rings is 1. The summed E-state index contributed by atoms with van der Waals surface area (Å²) in [5.74, 6) is -0.530. The Kier molecular flexibility index (Phi) is 11.4. The fourth-order valence-electron chi connectivity index (χ4n) is 5.43. The number of nitrogens with two attached hydrogens (primary N) is 1. The second kappa shape index (κ2) is 14.5. The minimum absolute atomic E-state index is 0.0915. The third kappa shape index (κ3) is 9.79. The Bertz CT molecular complexity index is 1330. The molecule has 0 spiro atoms. The van der Waals surface area contributed by atoms with E-state index in [1.807, 2.05) is 12.1 Å². The van der Waals surface area contributed by atoms with Gasteiger partial charge in [-0.1, -0.05) is 12.1 Å². The van der Waals surface area contributed by atoms with E-state index in [4.69, 9.17) is 10.7 Å². The third-order valence-corrected chi connectivity index (χ3v) is 8.66. The van der Waals surface area contributed by atoms with E-state index in [1.54, 1.807) is 53.7 Å². The van der Waals surface area contributed by atoms with Crippen molar-refractivity contribution in [3.05, 3.63) is 40.4 Å². The number of hydrogen-bond acceptors (Lipinski definition) is 8. The van der Waals surface area contributed by atoms with E-state index < -0.39 is 29.6 Å². The van der Waals surface area contributed by atoms with E-state index in [2.05, 4.69) is 15.5 Å². The number of hydrogen-bond donors (Lipinski definition) is 5. The number of primary amides is 1. The van der Waals surface area contributed by atoms with Crippen molar-refractivity contribution in [3.8, 4) is 0 Å². The molecular weight excluding hydrogens is 598 g/mol. The van der Waals surface area contributed by atoms with Crippen LogP contribution in [0.15, 0.2) is 24.3 Å². The highest BCUT2D eigenvalue weighted by Crippen LogP contribution is 2.30. The summed E-state index contributed by atoms with van der Waals surface area (Å²) in [6.45, 7) is 13.9. The number of amides is 4. The van der Waals surface area contributed by atoms with Crippen LogP contribution in [0.2, 0.25) is 0 Å². The smallest absolute Gasteiger partial charge is 0.410 e. The van der Waals surface area contributed by atoms with Gasteiger partial charge in [-0.05, 0) is 98.0 Å². The average molecular weight is 646 g/mol. The molecule has 248 valence electrons. The van der Waals surface area contributed by atoms with Gasteiger partial charge in [0.1, 0.15) is 0 Å².